The largest absolute Gasteiger partial charge is 0.491 e. The molecule has 0 aliphatic carbocycles. The Labute approximate surface area is 163 Å². The number of carbonyl (C=O) groups excluding carboxylic acids is 1. The number of fused-ring (bicyclic) bond motifs is 1. The molecule has 2 heterocycles. The highest BCUT2D eigenvalue weighted by atomic mass is 32.1. The van der Waals surface area contributed by atoms with Gasteiger partial charge in [-0.2, -0.15) is 0 Å². The van der Waals surface area contributed by atoms with Crippen molar-refractivity contribution < 1.29 is 9.53 Å². The highest BCUT2D eigenvalue weighted by molar-refractivity contribution is 7.20. The fourth-order valence-corrected chi connectivity index (χ4v) is 4.32. The topological polar surface area (TPSA) is 64.1 Å². The van der Waals surface area contributed by atoms with Gasteiger partial charge in [0.15, 0.2) is 0 Å². The van der Waals surface area contributed by atoms with Gasteiger partial charge in [0.05, 0.1) is 17.0 Å². The molecule has 1 atom stereocenters. The summed E-state index contributed by atoms with van der Waals surface area (Å²) >= 11 is 1.42. The van der Waals surface area contributed by atoms with Crippen LogP contribution < -0.4 is 10.1 Å². The number of aromatic nitrogens is 2. The maximum atomic E-state index is 12.9. The molecule has 5 nitrogen and oxygen atoms in total. The SMILES string of the molecule is Cc1nc(C)c2c(C)c(C(=O)NC(C)c3ccc(OC(C)C)cc3)sc2n1. The van der Waals surface area contributed by atoms with Crippen LogP contribution >= 0.6 is 11.3 Å². The first-order chi connectivity index (χ1) is 12.8. The second-order valence-corrected chi connectivity index (χ2v) is 8.02. The van der Waals surface area contributed by atoms with Crippen LogP contribution in [0, 0.1) is 20.8 Å². The zero-order chi connectivity index (χ0) is 19.7. The van der Waals surface area contributed by atoms with E-state index in [2.05, 4.69) is 15.3 Å². The standard InChI is InChI=1S/C21H25N3O2S/c1-11(2)26-17-9-7-16(8-10-17)13(4)23-20(25)19-12(3)18-14(5)22-15(6)24-21(18)27-19/h7-11,13H,1-6H3,(H,23,25). The molecule has 6 heteroatoms. The average Bonchev–Trinajstić information content (AvgIpc) is 2.91. The van der Waals surface area contributed by atoms with Crippen molar-refractivity contribution in [3.8, 4) is 5.75 Å². The third-order valence-corrected chi connectivity index (χ3v) is 5.57. The Morgan fingerprint density at radius 3 is 2.37 bits per heavy atom. The quantitative estimate of drug-likeness (QED) is 0.681. The minimum absolute atomic E-state index is 0.0810. The molecule has 2 aromatic heterocycles. The van der Waals surface area contributed by atoms with Crippen molar-refractivity contribution in [2.45, 2.75) is 53.7 Å². The summed E-state index contributed by atoms with van der Waals surface area (Å²) in [5.74, 6) is 1.48. The third-order valence-electron chi connectivity index (χ3n) is 4.39. The Hall–Kier alpha value is -2.47. The second kappa shape index (κ2) is 7.64. The van der Waals surface area contributed by atoms with E-state index in [9.17, 15) is 4.79 Å². The van der Waals surface area contributed by atoms with Gasteiger partial charge in [-0.3, -0.25) is 4.79 Å². The molecule has 1 aromatic carbocycles. The molecule has 1 unspecified atom stereocenters. The molecule has 0 saturated carbocycles. The van der Waals surface area contributed by atoms with E-state index in [1.165, 1.54) is 11.3 Å². The zero-order valence-corrected chi connectivity index (χ0v) is 17.4. The minimum Gasteiger partial charge on any atom is -0.491 e. The Kier molecular flexibility index (Phi) is 5.46. The van der Waals surface area contributed by atoms with Crippen LogP contribution in [-0.4, -0.2) is 22.0 Å². The Bertz CT molecular complexity index is 977. The van der Waals surface area contributed by atoms with Gasteiger partial charge in [-0.25, -0.2) is 9.97 Å². The Morgan fingerprint density at radius 2 is 1.74 bits per heavy atom. The van der Waals surface area contributed by atoms with Crippen molar-refractivity contribution in [1.29, 1.82) is 0 Å². The smallest absolute Gasteiger partial charge is 0.262 e. The number of carbonyl (C=O) groups is 1. The first kappa shape index (κ1) is 19.3. The van der Waals surface area contributed by atoms with Gasteiger partial charge in [0.1, 0.15) is 16.4 Å². The molecule has 1 amide bonds. The summed E-state index contributed by atoms with van der Waals surface area (Å²) in [4.78, 5) is 23.3. The van der Waals surface area contributed by atoms with Crippen LogP contribution in [0.15, 0.2) is 24.3 Å². The summed E-state index contributed by atoms with van der Waals surface area (Å²) in [6.45, 7) is 11.8. The zero-order valence-electron chi connectivity index (χ0n) is 16.6. The molecule has 0 spiro atoms. The van der Waals surface area contributed by atoms with E-state index < -0.39 is 0 Å². The number of amides is 1. The summed E-state index contributed by atoms with van der Waals surface area (Å²) in [5, 5.41) is 4.08. The van der Waals surface area contributed by atoms with Gasteiger partial charge in [-0.1, -0.05) is 12.1 Å². The molecule has 27 heavy (non-hydrogen) atoms. The van der Waals surface area contributed by atoms with E-state index in [1.54, 1.807) is 0 Å². The number of thiophene rings is 1. The number of hydrogen-bond acceptors (Lipinski definition) is 5. The predicted octanol–water partition coefficient (Wildman–Crippen LogP) is 4.89. The Morgan fingerprint density at radius 1 is 1.07 bits per heavy atom. The highest BCUT2D eigenvalue weighted by Crippen LogP contribution is 2.31. The normalized spacial score (nSPS) is 12.4. The third kappa shape index (κ3) is 4.11. The molecule has 1 N–H and O–H groups in total. The average molecular weight is 384 g/mol. The van der Waals surface area contributed by atoms with Gasteiger partial charge >= 0.3 is 0 Å². The number of nitrogens with zero attached hydrogens (tertiary/aromatic N) is 2. The maximum absolute atomic E-state index is 12.9. The lowest BCUT2D eigenvalue weighted by Gasteiger charge is -2.15. The molecule has 0 saturated heterocycles. The fraction of sp³-hybridized carbons (Fsp3) is 0.381. The van der Waals surface area contributed by atoms with Gasteiger partial charge < -0.3 is 10.1 Å². The summed E-state index contributed by atoms with van der Waals surface area (Å²) < 4.78 is 5.67. The van der Waals surface area contributed by atoms with Crippen molar-refractivity contribution in [2.75, 3.05) is 0 Å². The lowest BCUT2D eigenvalue weighted by molar-refractivity contribution is 0.0943. The minimum atomic E-state index is -0.107. The molecule has 0 bridgehead atoms. The molecule has 3 aromatic rings. The van der Waals surface area contributed by atoms with Crippen LogP contribution in [0.4, 0.5) is 0 Å². The van der Waals surface area contributed by atoms with Crippen LogP contribution in [0.2, 0.25) is 0 Å². The van der Waals surface area contributed by atoms with E-state index in [1.807, 2.05) is 65.8 Å². The molecule has 0 aliphatic rings. The van der Waals surface area contributed by atoms with Crippen LogP contribution in [0.1, 0.15) is 59.1 Å². The summed E-state index contributed by atoms with van der Waals surface area (Å²) in [6, 6.07) is 7.73. The van der Waals surface area contributed by atoms with Crippen molar-refractivity contribution >= 4 is 27.5 Å². The number of benzene rings is 1. The van der Waals surface area contributed by atoms with Crippen molar-refractivity contribution in [2.24, 2.45) is 0 Å². The van der Waals surface area contributed by atoms with Gasteiger partial charge in [0, 0.05) is 11.1 Å². The molecule has 0 fully saturated rings. The number of ether oxygens (including phenoxy) is 1. The summed E-state index contributed by atoms with van der Waals surface area (Å²) in [6.07, 6.45) is 0.138. The highest BCUT2D eigenvalue weighted by Gasteiger charge is 2.20. The van der Waals surface area contributed by atoms with E-state index in [0.29, 0.717) is 4.88 Å². The Balaban J connectivity index is 1.80. The fourth-order valence-electron chi connectivity index (χ4n) is 3.14. The lowest BCUT2D eigenvalue weighted by Crippen LogP contribution is -2.26. The van der Waals surface area contributed by atoms with Crippen molar-refractivity contribution in [3.05, 3.63) is 51.8 Å². The summed E-state index contributed by atoms with van der Waals surface area (Å²) in [7, 11) is 0. The first-order valence-electron chi connectivity index (χ1n) is 9.08. The van der Waals surface area contributed by atoms with Crippen LogP contribution in [0.3, 0.4) is 0 Å². The van der Waals surface area contributed by atoms with Crippen LogP contribution in [0.25, 0.3) is 10.2 Å². The monoisotopic (exact) mass is 383 g/mol. The molecule has 0 aliphatic heterocycles. The maximum Gasteiger partial charge on any atom is 0.262 e. The molecule has 0 radical (unpaired) electrons. The van der Waals surface area contributed by atoms with Gasteiger partial charge in [-0.05, 0) is 64.8 Å². The van der Waals surface area contributed by atoms with Crippen LogP contribution in [-0.2, 0) is 0 Å². The van der Waals surface area contributed by atoms with Crippen molar-refractivity contribution in [1.82, 2.24) is 15.3 Å². The lowest BCUT2D eigenvalue weighted by atomic mass is 10.1. The molecule has 142 valence electrons. The number of nitrogens with one attached hydrogen (secondary N) is 1. The van der Waals surface area contributed by atoms with Crippen LogP contribution in [0.5, 0.6) is 5.75 Å². The van der Waals surface area contributed by atoms with E-state index in [-0.39, 0.29) is 18.1 Å². The van der Waals surface area contributed by atoms with Gasteiger partial charge in [-0.15, -0.1) is 11.3 Å². The van der Waals surface area contributed by atoms with E-state index in [4.69, 9.17) is 4.74 Å². The number of rotatable bonds is 5. The predicted molar refractivity (Wildman–Crippen MR) is 110 cm³/mol. The molecular weight excluding hydrogens is 358 g/mol. The molecular formula is C21H25N3O2S. The second-order valence-electron chi connectivity index (χ2n) is 7.02. The van der Waals surface area contributed by atoms with Gasteiger partial charge in [0.25, 0.3) is 5.91 Å². The van der Waals surface area contributed by atoms with E-state index >= 15 is 0 Å². The van der Waals surface area contributed by atoms with E-state index in [0.717, 1.165) is 38.6 Å². The number of aryl methyl sites for hydroxylation is 3. The van der Waals surface area contributed by atoms with Gasteiger partial charge in [0.2, 0.25) is 0 Å². The summed E-state index contributed by atoms with van der Waals surface area (Å²) in [5.41, 5.74) is 2.89. The first-order valence-corrected chi connectivity index (χ1v) is 9.89. The number of hydrogen-bond donors (Lipinski definition) is 1. The van der Waals surface area contributed by atoms with Crippen molar-refractivity contribution in [3.63, 3.8) is 0 Å². The molecule has 3 rings (SSSR count).